The Morgan fingerprint density at radius 3 is 2.48 bits per heavy atom. The van der Waals surface area contributed by atoms with Crippen LogP contribution in [0.25, 0.3) is 0 Å². The average molecular weight is 403 g/mol. The van der Waals surface area contributed by atoms with Crippen molar-refractivity contribution in [2.24, 2.45) is 0 Å². The van der Waals surface area contributed by atoms with Gasteiger partial charge in [0.1, 0.15) is 5.00 Å². The van der Waals surface area contributed by atoms with E-state index in [1.165, 1.54) is 16.9 Å². The highest BCUT2D eigenvalue weighted by atomic mass is 32.1. The van der Waals surface area contributed by atoms with Gasteiger partial charge in [0.25, 0.3) is 0 Å². The molecule has 0 radical (unpaired) electrons. The van der Waals surface area contributed by atoms with Crippen molar-refractivity contribution >= 4 is 45.3 Å². The van der Waals surface area contributed by atoms with Gasteiger partial charge in [0.05, 0.1) is 12.2 Å². The van der Waals surface area contributed by atoms with E-state index in [4.69, 9.17) is 17.0 Å². The molecule has 1 aromatic heterocycles. The highest BCUT2D eigenvalue weighted by Crippen LogP contribution is 2.38. The first kappa shape index (κ1) is 19.8. The van der Waals surface area contributed by atoms with Gasteiger partial charge in [-0.2, -0.15) is 0 Å². The lowest BCUT2D eigenvalue weighted by atomic mass is 9.95. The highest BCUT2D eigenvalue weighted by molar-refractivity contribution is 7.80. The van der Waals surface area contributed by atoms with Gasteiger partial charge in [0, 0.05) is 10.6 Å². The Hall–Kier alpha value is -1.92. The number of benzene rings is 1. The third-order valence-electron chi connectivity index (χ3n) is 4.79. The Morgan fingerprint density at radius 2 is 1.81 bits per heavy atom. The van der Waals surface area contributed by atoms with Crippen molar-refractivity contribution in [3.63, 3.8) is 0 Å². The molecule has 0 aliphatic heterocycles. The molecule has 2 aromatic rings. The molecule has 1 aliphatic rings. The number of carbonyl (C=O) groups is 1. The van der Waals surface area contributed by atoms with E-state index in [2.05, 4.69) is 43.5 Å². The molecule has 0 atom stereocenters. The number of thiocarbonyl (C=S) groups is 1. The zero-order valence-corrected chi connectivity index (χ0v) is 18.0. The summed E-state index contributed by atoms with van der Waals surface area (Å²) < 4.78 is 5.31. The fourth-order valence-electron chi connectivity index (χ4n) is 3.70. The van der Waals surface area contributed by atoms with Gasteiger partial charge in [-0.1, -0.05) is 17.7 Å². The summed E-state index contributed by atoms with van der Waals surface area (Å²) in [7, 11) is 0. The predicted molar refractivity (Wildman–Crippen MR) is 117 cm³/mol. The van der Waals surface area contributed by atoms with Crippen molar-refractivity contribution in [2.45, 2.75) is 53.4 Å². The molecule has 4 nitrogen and oxygen atoms in total. The molecule has 3 rings (SSSR count). The first-order chi connectivity index (χ1) is 12.9. The van der Waals surface area contributed by atoms with Crippen LogP contribution < -0.4 is 10.6 Å². The van der Waals surface area contributed by atoms with Crippen LogP contribution in [0.3, 0.4) is 0 Å². The van der Waals surface area contributed by atoms with Gasteiger partial charge in [-0.15, -0.1) is 11.3 Å². The van der Waals surface area contributed by atoms with Crippen LogP contribution in [-0.2, 0) is 17.6 Å². The smallest absolute Gasteiger partial charge is 0.341 e. The van der Waals surface area contributed by atoms with Crippen LogP contribution in [0, 0.1) is 20.8 Å². The van der Waals surface area contributed by atoms with Crippen molar-refractivity contribution in [1.82, 2.24) is 0 Å². The van der Waals surface area contributed by atoms with Crippen LogP contribution in [0.2, 0.25) is 0 Å². The van der Waals surface area contributed by atoms with E-state index in [9.17, 15) is 4.79 Å². The summed E-state index contributed by atoms with van der Waals surface area (Å²) in [6, 6.07) is 4.26. The number of hydrogen-bond donors (Lipinski definition) is 2. The third-order valence-corrected chi connectivity index (χ3v) is 6.20. The standard InChI is InChI=1S/C21H26N2O2S2/c1-5-25-20(24)17-15-8-6-7-9-16(15)27-19(17)23-21(26)22-18-13(3)10-12(2)11-14(18)4/h10-11H,5-9H2,1-4H3,(H2,22,23,26). The molecule has 2 N–H and O–H groups in total. The number of aryl methyl sites for hydroxylation is 4. The fraction of sp³-hybridized carbons (Fsp3) is 0.429. The van der Waals surface area contributed by atoms with Crippen molar-refractivity contribution in [3.8, 4) is 0 Å². The number of esters is 1. The summed E-state index contributed by atoms with van der Waals surface area (Å²) in [6.45, 7) is 8.42. The molecule has 6 heteroatoms. The molecule has 0 saturated carbocycles. The predicted octanol–water partition coefficient (Wildman–Crippen LogP) is 5.54. The molecule has 0 amide bonds. The lowest BCUT2D eigenvalue weighted by molar-refractivity contribution is 0.0526. The van der Waals surface area contributed by atoms with Gasteiger partial charge >= 0.3 is 5.97 Å². The van der Waals surface area contributed by atoms with E-state index in [-0.39, 0.29) is 5.97 Å². The van der Waals surface area contributed by atoms with E-state index in [0.717, 1.165) is 46.6 Å². The zero-order valence-electron chi connectivity index (χ0n) is 16.3. The quantitative estimate of drug-likeness (QED) is 0.520. The van der Waals surface area contributed by atoms with E-state index in [1.54, 1.807) is 11.3 Å². The van der Waals surface area contributed by atoms with Crippen LogP contribution in [-0.4, -0.2) is 17.7 Å². The van der Waals surface area contributed by atoms with Crippen LogP contribution in [0.5, 0.6) is 0 Å². The number of ether oxygens (including phenoxy) is 1. The molecule has 144 valence electrons. The van der Waals surface area contributed by atoms with E-state index in [0.29, 0.717) is 17.3 Å². The monoisotopic (exact) mass is 402 g/mol. The van der Waals surface area contributed by atoms with Gasteiger partial charge < -0.3 is 15.4 Å². The molecule has 27 heavy (non-hydrogen) atoms. The molecular formula is C21H26N2O2S2. The zero-order chi connectivity index (χ0) is 19.6. The van der Waals surface area contributed by atoms with Crippen molar-refractivity contribution < 1.29 is 9.53 Å². The highest BCUT2D eigenvalue weighted by Gasteiger charge is 2.26. The van der Waals surface area contributed by atoms with Crippen LogP contribution in [0.15, 0.2) is 12.1 Å². The minimum absolute atomic E-state index is 0.259. The lowest BCUT2D eigenvalue weighted by Gasteiger charge is -2.16. The maximum Gasteiger partial charge on any atom is 0.341 e. The molecule has 0 saturated heterocycles. The summed E-state index contributed by atoms with van der Waals surface area (Å²) in [4.78, 5) is 13.8. The van der Waals surface area contributed by atoms with Crippen LogP contribution in [0.4, 0.5) is 10.7 Å². The van der Waals surface area contributed by atoms with Crippen molar-refractivity contribution in [2.75, 3.05) is 17.2 Å². The topological polar surface area (TPSA) is 50.4 Å². The lowest BCUT2D eigenvalue weighted by Crippen LogP contribution is -2.21. The number of carbonyl (C=O) groups excluding carboxylic acids is 1. The molecular weight excluding hydrogens is 376 g/mol. The van der Waals surface area contributed by atoms with Crippen molar-refractivity contribution in [3.05, 3.63) is 44.8 Å². The largest absolute Gasteiger partial charge is 0.462 e. The van der Waals surface area contributed by atoms with E-state index in [1.807, 2.05) is 6.92 Å². The molecule has 0 fully saturated rings. The summed E-state index contributed by atoms with van der Waals surface area (Å²) in [6.07, 6.45) is 4.22. The Bertz CT molecular complexity index is 864. The summed E-state index contributed by atoms with van der Waals surface area (Å²) in [5, 5.41) is 7.86. The molecule has 0 unspecified atom stereocenters. The van der Waals surface area contributed by atoms with Gasteiger partial charge in [-0.3, -0.25) is 0 Å². The van der Waals surface area contributed by atoms with Crippen LogP contribution >= 0.6 is 23.6 Å². The number of fused-ring (bicyclic) bond motifs is 1. The fourth-order valence-corrected chi connectivity index (χ4v) is 5.25. The SMILES string of the molecule is CCOC(=O)c1c(NC(=S)Nc2c(C)cc(C)cc2C)sc2c1CCCC2. The summed E-state index contributed by atoms with van der Waals surface area (Å²) in [5.74, 6) is -0.259. The molecule has 0 spiro atoms. The second-order valence-corrected chi connectivity index (χ2v) is 8.50. The van der Waals surface area contributed by atoms with Gasteiger partial charge in [0.2, 0.25) is 0 Å². The first-order valence-electron chi connectivity index (χ1n) is 9.38. The van der Waals surface area contributed by atoms with Gasteiger partial charge in [-0.05, 0) is 82.3 Å². The minimum atomic E-state index is -0.259. The van der Waals surface area contributed by atoms with Crippen molar-refractivity contribution in [1.29, 1.82) is 0 Å². The number of hydrogen-bond acceptors (Lipinski definition) is 4. The maximum atomic E-state index is 12.6. The number of nitrogens with one attached hydrogen (secondary N) is 2. The van der Waals surface area contributed by atoms with E-state index >= 15 is 0 Å². The molecule has 0 bridgehead atoms. The first-order valence-corrected chi connectivity index (χ1v) is 10.6. The van der Waals surface area contributed by atoms with Gasteiger partial charge in [-0.25, -0.2) is 4.79 Å². The average Bonchev–Trinajstić information content (AvgIpc) is 2.96. The normalized spacial score (nSPS) is 13.0. The Labute approximate surface area is 170 Å². The third kappa shape index (κ3) is 4.33. The minimum Gasteiger partial charge on any atom is -0.462 e. The molecule has 1 aliphatic carbocycles. The number of rotatable bonds is 4. The number of thiophene rings is 1. The van der Waals surface area contributed by atoms with Gasteiger partial charge in [0.15, 0.2) is 5.11 Å². The Kier molecular flexibility index (Phi) is 6.17. The number of anilines is 2. The maximum absolute atomic E-state index is 12.6. The second kappa shape index (κ2) is 8.40. The summed E-state index contributed by atoms with van der Waals surface area (Å²) >= 11 is 7.18. The molecule has 1 heterocycles. The Balaban J connectivity index is 1.86. The van der Waals surface area contributed by atoms with E-state index < -0.39 is 0 Å². The Morgan fingerprint density at radius 1 is 1.15 bits per heavy atom. The van der Waals surface area contributed by atoms with Crippen LogP contribution in [0.1, 0.15) is 57.3 Å². The summed E-state index contributed by atoms with van der Waals surface area (Å²) in [5.41, 5.74) is 6.33. The molecule has 1 aromatic carbocycles. The second-order valence-electron chi connectivity index (χ2n) is 6.99.